The van der Waals surface area contributed by atoms with E-state index in [4.69, 9.17) is 9.89 Å². The zero-order valence-electron chi connectivity index (χ0n) is 5.96. The predicted molar refractivity (Wildman–Crippen MR) is 38.5 cm³/mol. The Morgan fingerprint density at radius 2 is 2.10 bits per heavy atom. The van der Waals surface area contributed by atoms with E-state index in [1.165, 1.54) is 0 Å². The monoisotopic (exact) mass is 165 g/mol. The number of carboxylic acids is 1. The average Bonchev–Trinajstić information content (AvgIpc) is 1.60. The van der Waals surface area contributed by atoms with E-state index in [0.29, 0.717) is 0 Å². The molecule has 0 aliphatic rings. The zero-order chi connectivity index (χ0) is 8.36. The van der Waals surface area contributed by atoms with Crippen molar-refractivity contribution in [3.8, 4) is 0 Å². The number of aliphatic carboxylic acids is 1. The van der Waals surface area contributed by atoms with Gasteiger partial charge < -0.3 is 5.11 Å². The molecule has 4 nitrogen and oxygen atoms in total. The second kappa shape index (κ2) is 3.01. The molecule has 0 amide bonds. The van der Waals surface area contributed by atoms with Crippen molar-refractivity contribution in [2.24, 2.45) is 0 Å². The Bertz CT molecular complexity index is 217. The van der Waals surface area contributed by atoms with Gasteiger partial charge in [0.2, 0.25) is 0 Å². The molecule has 0 fully saturated rings. The maximum absolute atomic E-state index is 11.0. The lowest BCUT2D eigenvalue weighted by Gasteiger charge is -2.06. The van der Waals surface area contributed by atoms with Crippen LogP contribution in [0.5, 0.6) is 0 Å². The van der Waals surface area contributed by atoms with E-state index in [2.05, 4.69) is 0 Å². The molecule has 0 aliphatic heterocycles. The molecule has 2 N–H and O–H groups in total. The van der Waals surface area contributed by atoms with Gasteiger partial charge in [-0.3, -0.25) is 9.57 Å². The van der Waals surface area contributed by atoms with E-state index in [-0.39, 0.29) is 5.25 Å². The van der Waals surface area contributed by atoms with Crippen molar-refractivity contribution in [2.75, 3.05) is 5.75 Å². The third-order valence-corrected chi connectivity index (χ3v) is 3.30. The number of nitrogens with one attached hydrogen (secondary N) is 1. The maximum Gasteiger partial charge on any atom is 0.317 e. The van der Waals surface area contributed by atoms with Crippen LogP contribution in [0.3, 0.4) is 0 Å². The second-order valence-electron chi connectivity index (χ2n) is 2.31. The first kappa shape index (κ1) is 9.42. The molecule has 0 aromatic heterocycles. The lowest BCUT2D eigenvalue weighted by molar-refractivity contribution is -0.134. The first-order valence-electron chi connectivity index (χ1n) is 2.83. The van der Waals surface area contributed by atoms with Crippen LogP contribution in [0.1, 0.15) is 13.8 Å². The van der Waals surface area contributed by atoms with Crippen LogP contribution in [0.4, 0.5) is 0 Å². The molecule has 0 rings (SSSR count). The minimum absolute atomic E-state index is 0.386. The zero-order valence-corrected chi connectivity index (χ0v) is 6.77. The lowest BCUT2D eigenvalue weighted by Crippen LogP contribution is -2.21. The SMILES string of the molecule is CC(C)S(=N)(=O)CC(=O)O. The van der Waals surface area contributed by atoms with Crippen molar-refractivity contribution >= 4 is 15.7 Å². The summed E-state index contributed by atoms with van der Waals surface area (Å²) in [5, 5.41) is 7.81. The highest BCUT2D eigenvalue weighted by Gasteiger charge is 2.15. The topological polar surface area (TPSA) is 78.2 Å². The van der Waals surface area contributed by atoms with Crippen molar-refractivity contribution in [3.63, 3.8) is 0 Å². The van der Waals surface area contributed by atoms with E-state index in [1.807, 2.05) is 0 Å². The van der Waals surface area contributed by atoms with Gasteiger partial charge in [-0.05, 0) is 0 Å². The van der Waals surface area contributed by atoms with Crippen LogP contribution in [0.25, 0.3) is 0 Å². The van der Waals surface area contributed by atoms with Crippen molar-refractivity contribution in [1.82, 2.24) is 0 Å². The number of hydrogen-bond acceptors (Lipinski definition) is 3. The first-order valence-corrected chi connectivity index (χ1v) is 4.62. The summed E-state index contributed by atoms with van der Waals surface area (Å²) in [7, 11) is -2.90. The molecule has 1 atom stereocenters. The summed E-state index contributed by atoms with van der Waals surface area (Å²) in [6.07, 6.45) is 0. The standard InChI is InChI=1S/C5H11NO3S/c1-4(2)10(6,9)3-5(7)8/h4,6H,3H2,1-2H3,(H,7,8). The Hall–Kier alpha value is -0.580. The van der Waals surface area contributed by atoms with Crippen LogP contribution in [-0.4, -0.2) is 26.3 Å². The van der Waals surface area contributed by atoms with Crippen LogP contribution in [0.15, 0.2) is 0 Å². The van der Waals surface area contributed by atoms with E-state index in [1.54, 1.807) is 13.8 Å². The third-order valence-electron chi connectivity index (χ3n) is 1.10. The highest BCUT2D eigenvalue weighted by molar-refractivity contribution is 7.93. The van der Waals surface area contributed by atoms with Crippen LogP contribution < -0.4 is 0 Å². The lowest BCUT2D eigenvalue weighted by atomic mass is 10.6. The van der Waals surface area contributed by atoms with Crippen LogP contribution in [0.2, 0.25) is 0 Å². The molecule has 0 radical (unpaired) electrons. The van der Waals surface area contributed by atoms with Gasteiger partial charge in [0.1, 0.15) is 5.75 Å². The fourth-order valence-electron chi connectivity index (χ4n) is 0.350. The quantitative estimate of drug-likeness (QED) is 0.640. The van der Waals surface area contributed by atoms with E-state index in [9.17, 15) is 9.00 Å². The Balaban J connectivity index is 4.31. The number of rotatable bonds is 3. The normalized spacial score (nSPS) is 16.7. The van der Waals surface area contributed by atoms with Crippen LogP contribution >= 0.6 is 0 Å². The fraction of sp³-hybridized carbons (Fsp3) is 0.800. The summed E-state index contributed by atoms with van der Waals surface area (Å²) in [6.45, 7) is 3.16. The molecular weight excluding hydrogens is 154 g/mol. The molecular formula is C5H11NO3S. The minimum Gasteiger partial charge on any atom is -0.481 e. The number of carboxylic acid groups (broad SMARTS) is 1. The molecule has 0 bridgehead atoms. The highest BCUT2D eigenvalue weighted by atomic mass is 32.2. The van der Waals surface area contributed by atoms with E-state index in [0.717, 1.165) is 0 Å². The molecule has 0 saturated heterocycles. The molecule has 0 aromatic carbocycles. The smallest absolute Gasteiger partial charge is 0.317 e. The van der Waals surface area contributed by atoms with Crippen molar-refractivity contribution in [2.45, 2.75) is 19.1 Å². The Labute approximate surface area is 60.2 Å². The maximum atomic E-state index is 11.0. The van der Waals surface area contributed by atoms with Crippen molar-refractivity contribution < 1.29 is 14.1 Å². The molecule has 0 aromatic rings. The summed E-state index contributed by atoms with van der Waals surface area (Å²) in [6, 6.07) is 0. The first-order chi connectivity index (χ1) is 4.36. The van der Waals surface area contributed by atoms with Gasteiger partial charge in [0.15, 0.2) is 0 Å². The van der Waals surface area contributed by atoms with Crippen molar-refractivity contribution in [3.05, 3.63) is 0 Å². The van der Waals surface area contributed by atoms with E-state index >= 15 is 0 Å². The van der Waals surface area contributed by atoms with Crippen molar-refractivity contribution in [1.29, 1.82) is 4.78 Å². The Kier molecular flexibility index (Phi) is 2.83. The minimum atomic E-state index is -2.90. The number of carbonyl (C=O) groups is 1. The highest BCUT2D eigenvalue weighted by Crippen LogP contribution is 2.00. The van der Waals surface area contributed by atoms with Gasteiger partial charge in [0.05, 0.1) is 9.73 Å². The van der Waals surface area contributed by atoms with Gasteiger partial charge in [0.25, 0.3) is 0 Å². The van der Waals surface area contributed by atoms with Crippen LogP contribution in [-0.2, 0) is 14.5 Å². The van der Waals surface area contributed by atoms with Gasteiger partial charge in [0, 0.05) is 5.25 Å². The Morgan fingerprint density at radius 1 is 1.70 bits per heavy atom. The average molecular weight is 165 g/mol. The third kappa shape index (κ3) is 2.82. The molecule has 5 heteroatoms. The molecule has 0 aliphatic carbocycles. The largest absolute Gasteiger partial charge is 0.481 e. The van der Waals surface area contributed by atoms with E-state index < -0.39 is 21.5 Å². The summed E-state index contributed by atoms with van der Waals surface area (Å²) in [5.74, 6) is -1.72. The number of hydrogen-bond donors (Lipinski definition) is 2. The predicted octanol–water partition coefficient (Wildman–Crippen LogP) is 0.526. The van der Waals surface area contributed by atoms with Gasteiger partial charge in [-0.15, -0.1) is 0 Å². The van der Waals surface area contributed by atoms with Gasteiger partial charge in [-0.2, -0.15) is 0 Å². The molecule has 0 spiro atoms. The second-order valence-corrected chi connectivity index (χ2v) is 5.00. The molecule has 0 saturated carbocycles. The molecule has 1 unspecified atom stereocenters. The van der Waals surface area contributed by atoms with Crippen LogP contribution in [0, 0.1) is 4.78 Å². The summed E-state index contributed by atoms with van der Waals surface area (Å²) < 4.78 is 18.0. The van der Waals surface area contributed by atoms with Gasteiger partial charge in [-0.1, -0.05) is 13.8 Å². The molecule has 10 heavy (non-hydrogen) atoms. The Morgan fingerprint density at radius 3 is 2.20 bits per heavy atom. The summed E-state index contributed by atoms with van der Waals surface area (Å²) >= 11 is 0. The fourth-order valence-corrected chi connectivity index (χ4v) is 1.05. The van der Waals surface area contributed by atoms with Gasteiger partial charge >= 0.3 is 5.97 Å². The van der Waals surface area contributed by atoms with Gasteiger partial charge in [-0.25, -0.2) is 4.21 Å². The summed E-state index contributed by atoms with van der Waals surface area (Å²) in [5.41, 5.74) is 0. The molecule has 0 heterocycles. The molecule has 60 valence electrons. The summed E-state index contributed by atoms with van der Waals surface area (Å²) in [4.78, 5) is 10.0.